The van der Waals surface area contributed by atoms with Gasteiger partial charge in [-0.15, -0.1) is 0 Å². The molecule has 1 aromatic heterocycles. The Balaban J connectivity index is 0.973. The molecular formula is C59H43N3OS. The molecule has 4 saturated carbocycles. The summed E-state index contributed by atoms with van der Waals surface area (Å²) in [6, 6.07) is 63.5. The topological polar surface area (TPSA) is 47.9 Å². The van der Waals surface area contributed by atoms with Crippen molar-refractivity contribution in [3.05, 3.63) is 187 Å². The van der Waals surface area contributed by atoms with Crippen LogP contribution in [0.5, 0.6) is 11.5 Å². The lowest BCUT2D eigenvalue weighted by molar-refractivity contribution is -0.0406. The highest BCUT2D eigenvalue weighted by Crippen LogP contribution is 2.72. The van der Waals surface area contributed by atoms with E-state index in [4.69, 9.17) is 19.7 Å². The Morgan fingerprint density at radius 2 is 1.06 bits per heavy atom. The van der Waals surface area contributed by atoms with Crippen molar-refractivity contribution >= 4 is 22.5 Å². The van der Waals surface area contributed by atoms with Crippen molar-refractivity contribution < 1.29 is 4.74 Å². The van der Waals surface area contributed by atoms with Crippen molar-refractivity contribution in [3.63, 3.8) is 0 Å². The van der Waals surface area contributed by atoms with E-state index in [2.05, 4.69) is 176 Å². The summed E-state index contributed by atoms with van der Waals surface area (Å²) in [5.41, 5.74) is 13.0. The zero-order chi connectivity index (χ0) is 41.9. The van der Waals surface area contributed by atoms with Gasteiger partial charge in [-0.3, -0.25) is 0 Å². The lowest BCUT2D eigenvalue weighted by atomic mass is 9.43. The first kappa shape index (κ1) is 36.6. The van der Waals surface area contributed by atoms with Gasteiger partial charge < -0.3 is 4.74 Å². The van der Waals surface area contributed by atoms with E-state index in [1.807, 2.05) is 11.8 Å². The Hall–Kier alpha value is -6.82. The van der Waals surface area contributed by atoms with Crippen molar-refractivity contribution in [2.45, 2.75) is 47.3 Å². The fraction of sp³-hybridized carbons (Fsp3) is 0.169. The molecule has 9 aromatic rings. The van der Waals surface area contributed by atoms with Crippen LogP contribution in [0.2, 0.25) is 0 Å². The van der Waals surface area contributed by atoms with Gasteiger partial charge in [0.05, 0.1) is 9.79 Å². The number of ether oxygens (including phenoxy) is 1. The van der Waals surface area contributed by atoms with E-state index < -0.39 is 0 Å². The number of aromatic nitrogens is 3. The number of rotatable bonds is 5. The highest BCUT2D eigenvalue weighted by molar-refractivity contribution is 7.99. The molecule has 1 aliphatic heterocycles. The third-order valence-electron chi connectivity index (χ3n) is 15.3. The van der Waals surface area contributed by atoms with Gasteiger partial charge in [0.25, 0.3) is 0 Å². The first-order valence-corrected chi connectivity index (χ1v) is 23.7. The van der Waals surface area contributed by atoms with E-state index in [1.165, 1.54) is 80.5 Å². The summed E-state index contributed by atoms with van der Waals surface area (Å²) in [4.78, 5) is 18.5. The van der Waals surface area contributed by atoms with Gasteiger partial charge in [-0.25, -0.2) is 15.0 Å². The molecule has 0 saturated heterocycles. The molecule has 5 heteroatoms. The zero-order valence-corrected chi connectivity index (χ0v) is 36.1. The summed E-state index contributed by atoms with van der Waals surface area (Å²) >= 11 is 1.86. The van der Waals surface area contributed by atoms with Crippen LogP contribution in [0.3, 0.4) is 0 Å². The second-order valence-electron chi connectivity index (χ2n) is 18.8. The van der Waals surface area contributed by atoms with E-state index in [1.54, 1.807) is 0 Å². The molecule has 5 aliphatic carbocycles. The molecule has 0 radical (unpaired) electrons. The third kappa shape index (κ3) is 5.53. The summed E-state index contributed by atoms with van der Waals surface area (Å²) in [7, 11) is 0. The van der Waals surface area contributed by atoms with Gasteiger partial charge >= 0.3 is 0 Å². The maximum Gasteiger partial charge on any atom is 0.164 e. The average Bonchev–Trinajstić information content (AvgIpc) is 3.65. The summed E-state index contributed by atoms with van der Waals surface area (Å²) in [5, 5.41) is 2.43. The Bertz CT molecular complexity index is 3330. The SMILES string of the molecule is c1ccc(-c2cc(-c3nc(-c4ccccc4)nc(-c4ccc5c(c4)C4(c6c-5ccc5c6Oc6ccccc6S5)C5CC6CC(C5)CC4C6)n3)cc(-c3cccc4ccccc34)c2)cc1. The number of para-hydroxylation sites is 1. The molecule has 8 aromatic carbocycles. The van der Waals surface area contributed by atoms with E-state index in [0.29, 0.717) is 29.3 Å². The van der Waals surface area contributed by atoms with Crippen LogP contribution >= 0.6 is 11.8 Å². The van der Waals surface area contributed by atoms with Crippen molar-refractivity contribution in [2.75, 3.05) is 0 Å². The molecule has 2 heterocycles. The highest BCUT2D eigenvalue weighted by atomic mass is 32.2. The van der Waals surface area contributed by atoms with Gasteiger partial charge in [-0.05, 0) is 148 Å². The van der Waals surface area contributed by atoms with Crippen LogP contribution in [0, 0.1) is 23.7 Å². The predicted molar refractivity (Wildman–Crippen MR) is 258 cm³/mol. The second-order valence-corrected chi connectivity index (χ2v) is 19.8. The molecule has 0 unspecified atom stereocenters. The number of hydrogen-bond acceptors (Lipinski definition) is 5. The van der Waals surface area contributed by atoms with E-state index >= 15 is 0 Å². The van der Waals surface area contributed by atoms with Crippen molar-refractivity contribution in [2.24, 2.45) is 23.7 Å². The Kier molecular flexibility index (Phi) is 8.07. The molecule has 1 spiro atoms. The molecule has 0 atom stereocenters. The molecule has 306 valence electrons. The Morgan fingerprint density at radius 1 is 0.438 bits per heavy atom. The standard InChI is InChI=1S/C59H43N3OS/c1-3-12-37(13-4-1)41-31-42(47-19-11-17-38-14-7-8-18-46(38)47)33-43(32-41)58-61-56(39-15-5-2-6-16-39)60-57(62-58)40-22-23-48-49-24-25-53-55(63-51-20-9-10-21-52(51)64-53)54(49)59(50(48)34-40)44-27-35-26-36(29-44)30-45(59)28-35/h1-25,31-36,44-45H,26-30H2. The first-order chi connectivity index (χ1) is 31.6. The van der Waals surface area contributed by atoms with Crippen molar-refractivity contribution in [1.29, 1.82) is 0 Å². The van der Waals surface area contributed by atoms with Crippen LogP contribution in [-0.4, -0.2) is 15.0 Å². The minimum Gasteiger partial charge on any atom is -0.455 e. The van der Waals surface area contributed by atoms with Crippen LogP contribution in [-0.2, 0) is 5.41 Å². The Labute approximate surface area is 377 Å². The largest absolute Gasteiger partial charge is 0.455 e. The van der Waals surface area contributed by atoms with Crippen LogP contribution < -0.4 is 4.74 Å². The van der Waals surface area contributed by atoms with Gasteiger partial charge in [0.1, 0.15) is 11.5 Å². The molecule has 15 rings (SSSR count). The molecular weight excluding hydrogens is 799 g/mol. The third-order valence-corrected chi connectivity index (χ3v) is 16.4. The van der Waals surface area contributed by atoms with Crippen LogP contribution in [0.15, 0.2) is 186 Å². The zero-order valence-electron chi connectivity index (χ0n) is 35.2. The smallest absolute Gasteiger partial charge is 0.164 e. The Morgan fingerprint density at radius 3 is 1.86 bits per heavy atom. The molecule has 0 N–H and O–H groups in total. The maximum atomic E-state index is 7.08. The first-order valence-electron chi connectivity index (χ1n) is 22.9. The molecule has 0 amide bonds. The van der Waals surface area contributed by atoms with Gasteiger partial charge in [0.15, 0.2) is 17.5 Å². The van der Waals surface area contributed by atoms with Gasteiger partial charge in [-0.2, -0.15) is 0 Å². The number of fused-ring (bicyclic) bond motifs is 7. The molecule has 4 nitrogen and oxygen atoms in total. The summed E-state index contributed by atoms with van der Waals surface area (Å²) in [6.45, 7) is 0. The van der Waals surface area contributed by atoms with Gasteiger partial charge in [0, 0.05) is 27.7 Å². The number of hydrogen-bond donors (Lipinski definition) is 0. The normalized spacial score (nSPS) is 21.9. The highest BCUT2D eigenvalue weighted by Gasteiger charge is 2.63. The summed E-state index contributed by atoms with van der Waals surface area (Å²) in [6.07, 6.45) is 6.55. The van der Waals surface area contributed by atoms with Crippen molar-refractivity contribution in [3.8, 4) is 79.0 Å². The molecule has 4 fully saturated rings. The van der Waals surface area contributed by atoms with Crippen LogP contribution in [0.4, 0.5) is 0 Å². The fourth-order valence-corrected chi connectivity index (χ4v) is 13.9. The van der Waals surface area contributed by atoms with E-state index in [-0.39, 0.29) is 5.41 Å². The summed E-state index contributed by atoms with van der Waals surface area (Å²) < 4.78 is 7.08. The molecule has 6 aliphatic rings. The van der Waals surface area contributed by atoms with Gasteiger partial charge in [0.2, 0.25) is 0 Å². The predicted octanol–water partition coefficient (Wildman–Crippen LogP) is 15.3. The minimum absolute atomic E-state index is 0.123. The van der Waals surface area contributed by atoms with Gasteiger partial charge in [-0.1, -0.05) is 145 Å². The average molecular weight is 842 g/mol. The quantitative estimate of drug-likeness (QED) is 0.173. The van der Waals surface area contributed by atoms with Crippen LogP contribution in [0.25, 0.3) is 78.3 Å². The van der Waals surface area contributed by atoms with E-state index in [0.717, 1.165) is 56.7 Å². The van der Waals surface area contributed by atoms with Crippen molar-refractivity contribution in [1.82, 2.24) is 15.0 Å². The monoisotopic (exact) mass is 841 g/mol. The number of nitrogens with zero attached hydrogens (tertiary/aromatic N) is 3. The minimum atomic E-state index is -0.123. The molecule has 4 bridgehead atoms. The fourth-order valence-electron chi connectivity index (χ4n) is 12.9. The maximum absolute atomic E-state index is 7.08. The summed E-state index contributed by atoms with van der Waals surface area (Å²) in [5.74, 6) is 6.86. The molecule has 64 heavy (non-hydrogen) atoms. The van der Waals surface area contributed by atoms with E-state index in [9.17, 15) is 0 Å². The van der Waals surface area contributed by atoms with Crippen LogP contribution in [0.1, 0.15) is 43.2 Å². The lowest BCUT2D eigenvalue weighted by Gasteiger charge is -2.61. The lowest BCUT2D eigenvalue weighted by Crippen LogP contribution is -2.55. The number of benzene rings is 8. The second kappa shape index (κ2) is 14.1.